The quantitative estimate of drug-likeness (QED) is 0.782. The van der Waals surface area contributed by atoms with Gasteiger partial charge in [-0.25, -0.2) is 9.48 Å². The van der Waals surface area contributed by atoms with Gasteiger partial charge in [-0.1, -0.05) is 17.3 Å². The van der Waals surface area contributed by atoms with Crippen LogP contribution >= 0.6 is 0 Å². The smallest absolute Gasteiger partial charge is 0.408 e. The van der Waals surface area contributed by atoms with Crippen LogP contribution in [0.4, 0.5) is 4.79 Å². The molecule has 0 fully saturated rings. The van der Waals surface area contributed by atoms with Crippen molar-refractivity contribution < 1.29 is 19.4 Å². The van der Waals surface area contributed by atoms with E-state index in [1.54, 1.807) is 13.3 Å². The summed E-state index contributed by atoms with van der Waals surface area (Å²) in [6, 6.07) is 7.18. The molecule has 2 rings (SSSR count). The number of aliphatic hydroxyl groups excluding tert-OH is 1. The van der Waals surface area contributed by atoms with Gasteiger partial charge in [-0.05, 0) is 44.9 Å². The molecule has 8 nitrogen and oxygen atoms in total. The summed E-state index contributed by atoms with van der Waals surface area (Å²) >= 11 is 0. The van der Waals surface area contributed by atoms with Gasteiger partial charge in [0.15, 0.2) is 0 Å². The van der Waals surface area contributed by atoms with Crippen molar-refractivity contribution in [2.24, 2.45) is 0 Å². The Labute approximate surface area is 153 Å². The Morgan fingerprint density at radius 2 is 2.00 bits per heavy atom. The normalized spacial score (nSPS) is 12.5. The lowest BCUT2D eigenvalue weighted by atomic mass is 10.0. The van der Waals surface area contributed by atoms with Crippen LogP contribution in [-0.2, 0) is 17.7 Å². The van der Waals surface area contributed by atoms with Crippen LogP contribution in [0.25, 0.3) is 0 Å². The number of amides is 1. The molecule has 26 heavy (non-hydrogen) atoms. The maximum Gasteiger partial charge on any atom is 0.408 e. The molecule has 1 heterocycles. The molecule has 1 atom stereocenters. The van der Waals surface area contributed by atoms with Crippen LogP contribution in [0.3, 0.4) is 0 Å². The first-order valence-electron chi connectivity index (χ1n) is 8.44. The zero-order chi connectivity index (χ0) is 19.2. The number of carbonyl (C=O) groups is 1. The van der Waals surface area contributed by atoms with Gasteiger partial charge in [0.05, 0.1) is 32.5 Å². The van der Waals surface area contributed by atoms with Gasteiger partial charge in [-0.15, -0.1) is 5.10 Å². The van der Waals surface area contributed by atoms with Gasteiger partial charge < -0.3 is 19.9 Å². The van der Waals surface area contributed by atoms with Crippen LogP contribution in [0.1, 0.15) is 38.1 Å². The summed E-state index contributed by atoms with van der Waals surface area (Å²) < 4.78 is 12.1. The first-order valence-corrected chi connectivity index (χ1v) is 8.44. The Morgan fingerprint density at radius 3 is 2.58 bits per heavy atom. The number of ether oxygens (including phenoxy) is 2. The molecule has 0 aliphatic carbocycles. The summed E-state index contributed by atoms with van der Waals surface area (Å²) in [7, 11) is 1.61. The van der Waals surface area contributed by atoms with Crippen LogP contribution < -0.4 is 10.1 Å². The van der Waals surface area contributed by atoms with E-state index in [0.717, 1.165) is 11.3 Å². The van der Waals surface area contributed by atoms with E-state index in [-0.39, 0.29) is 6.61 Å². The number of hydrogen-bond acceptors (Lipinski definition) is 6. The highest BCUT2D eigenvalue weighted by molar-refractivity contribution is 5.68. The number of nitrogens with one attached hydrogen (secondary N) is 1. The van der Waals surface area contributed by atoms with Gasteiger partial charge >= 0.3 is 6.09 Å². The molecule has 2 aromatic rings. The monoisotopic (exact) mass is 362 g/mol. The van der Waals surface area contributed by atoms with Crippen molar-refractivity contribution in [2.75, 3.05) is 13.7 Å². The molecule has 1 unspecified atom stereocenters. The van der Waals surface area contributed by atoms with E-state index in [9.17, 15) is 4.79 Å². The topological polar surface area (TPSA) is 98.5 Å². The average molecular weight is 362 g/mol. The first-order chi connectivity index (χ1) is 12.3. The van der Waals surface area contributed by atoms with Crippen LogP contribution in [0.2, 0.25) is 0 Å². The average Bonchev–Trinajstić information content (AvgIpc) is 3.02. The molecule has 0 radical (unpaired) electrons. The second-order valence-electron chi connectivity index (χ2n) is 6.88. The van der Waals surface area contributed by atoms with E-state index >= 15 is 0 Å². The molecule has 8 heteroatoms. The fourth-order valence-corrected chi connectivity index (χ4v) is 2.36. The van der Waals surface area contributed by atoms with E-state index in [4.69, 9.17) is 14.6 Å². The second kappa shape index (κ2) is 8.66. The molecular weight excluding hydrogens is 336 g/mol. The van der Waals surface area contributed by atoms with Crippen molar-refractivity contribution in [3.8, 4) is 5.75 Å². The fraction of sp³-hybridized carbons (Fsp3) is 0.500. The number of benzene rings is 1. The summed E-state index contributed by atoms with van der Waals surface area (Å²) in [4.78, 5) is 12.2. The second-order valence-corrected chi connectivity index (χ2v) is 6.88. The third-order valence-electron chi connectivity index (χ3n) is 3.53. The van der Waals surface area contributed by atoms with E-state index in [0.29, 0.717) is 18.7 Å². The predicted molar refractivity (Wildman–Crippen MR) is 95.9 cm³/mol. The molecular formula is C18H26N4O4. The lowest BCUT2D eigenvalue weighted by Gasteiger charge is -2.23. The minimum absolute atomic E-state index is 0.0363. The number of hydrogen-bond donors (Lipinski definition) is 2. The Bertz CT molecular complexity index is 707. The number of rotatable bonds is 7. The maximum atomic E-state index is 12.2. The van der Waals surface area contributed by atoms with E-state index in [1.807, 2.05) is 45.0 Å². The lowest BCUT2D eigenvalue weighted by molar-refractivity contribution is 0.0502. The third-order valence-corrected chi connectivity index (χ3v) is 3.53. The third kappa shape index (κ3) is 6.03. The maximum absolute atomic E-state index is 12.2. The Hall–Kier alpha value is -2.61. The van der Waals surface area contributed by atoms with Crippen LogP contribution in [0, 0.1) is 0 Å². The molecule has 0 spiro atoms. The molecule has 1 aromatic heterocycles. The van der Waals surface area contributed by atoms with E-state index in [1.165, 1.54) is 4.68 Å². The lowest BCUT2D eigenvalue weighted by Crippen LogP contribution is -2.36. The molecule has 0 aliphatic heterocycles. The minimum Gasteiger partial charge on any atom is -0.497 e. The van der Waals surface area contributed by atoms with Gasteiger partial charge in [0.2, 0.25) is 0 Å². The van der Waals surface area contributed by atoms with Crippen molar-refractivity contribution in [1.82, 2.24) is 20.3 Å². The summed E-state index contributed by atoms with van der Waals surface area (Å²) in [6.45, 7) is 5.73. The Balaban J connectivity index is 2.17. The van der Waals surface area contributed by atoms with Crippen molar-refractivity contribution in [2.45, 2.75) is 45.4 Å². The summed E-state index contributed by atoms with van der Waals surface area (Å²) in [6.07, 6.45) is 1.70. The highest BCUT2D eigenvalue weighted by Gasteiger charge is 2.23. The number of aromatic nitrogens is 3. The van der Waals surface area contributed by atoms with Gasteiger partial charge in [0.1, 0.15) is 17.0 Å². The molecule has 1 amide bonds. The van der Waals surface area contributed by atoms with Crippen molar-refractivity contribution in [3.05, 3.63) is 41.7 Å². The number of aliphatic hydroxyl groups is 1. The van der Waals surface area contributed by atoms with Gasteiger partial charge in [0, 0.05) is 0 Å². The standard InChI is InChI=1S/C18H26N4O4/c1-18(2,3)26-17(24)19-15(16-12-22(9-10-23)21-20-16)11-13-5-7-14(25-4)8-6-13/h5-8,12,15,23H,9-11H2,1-4H3,(H,19,24). The highest BCUT2D eigenvalue weighted by Crippen LogP contribution is 2.20. The number of nitrogens with zero attached hydrogens (tertiary/aromatic N) is 3. The van der Waals surface area contributed by atoms with Crippen molar-refractivity contribution in [3.63, 3.8) is 0 Å². The van der Waals surface area contributed by atoms with Gasteiger partial charge in [-0.3, -0.25) is 0 Å². The first kappa shape index (κ1) is 19.7. The predicted octanol–water partition coefficient (Wildman–Crippen LogP) is 2.09. The number of carbonyl (C=O) groups excluding carboxylic acids is 1. The number of alkyl carbamates (subject to hydrolysis) is 1. The molecule has 2 N–H and O–H groups in total. The van der Waals surface area contributed by atoms with Crippen LogP contribution in [0.5, 0.6) is 5.75 Å². The molecule has 0 saturated carbocycles. The van der Waals surface area contributed by atoms with Crippen LogP contribution in [0.15, 0.2) is 30.5 Å². The zero-order valence-electron chi connectivity index (χ0n) is 15.6. The van der Waals surface area contributed by atoms with E-state index < -0.39 is 17.7 Å². The van der Waals surface area contributed by atoms with Gasteiger partial charge in [0.25, 0.3) is 0 Å². The summed E-state index contributed by atoms with van der Waals surface area (Å²) in [5.74, 6) is 0.763. The van der Waals surface area contributed by atoms with Crippen molar-refractivity contribution >= 4 is 6.09 Å². The van der Waals surface area contributed by atoms with E-state index in [2.05, 4.69) is 15.6 Å². The highest BCUT2D eigenvalue weighted by atomic mass is 16.6. The molecule has 142 valence electrons. The Morgan fingerprint density at radius 1 is 1.31 bits per heavy atom. The molecule has 0 bridgehead atoms. The summed E-state index contributed by atoms with van der Waals surface area (Å²) in [5.41, 5.74) is 1.01. The Kier molecular flexibility index (Phi) is 6.57. The molecule has 1 aromatic carbocycles. The number of methoxy groups -OCH3 is 1. The fourth-order valence-electron chi connectivity index (χ4n) is 2.36. The molecule has 0 saturated heterocycles. The summed E-state index contributed by atoms with van der Waals surface area (Å²) in [5, 5.41) is 20.0. The largest absolute Gasteiger partial charge is 0.497 e. The van der Waals surface area contributed by atoms with Gasteiger partial charge in [-0.2, -0.15) is 0 Å². The molecule has 0 aliphatic rings. The van der Waals surface area contributed by atoms with Crippen LogP contribution in [-0.4, -0.2) is 45.5 Å². The zero-order valence-corrected chi connectivity index (χ0v) is 15.6. The SMILES string of the molecule is COc1ccc(CC(NC(=O)OC(C)(C)C)c2cn(CCO)nn2)cc1. The minimum atomic E-state index is -0.594. The van der Waals surface area contributed by atoms with Crippen molar-refractivity contribution in [1.29, 1.82) is 0 Å².